The lowest BCUT2D eigenvalue weighted by Crippen LogP contribution is -2.31. The quantitative estimate of drug-likeness (QED) is 0.865. The van der Waals surface area contributed by atoms with Crippen LogP contribution in [-0.2, 0) is 0 Å². The third kappa shape index (κ3) is 2.83. The van der Waals surface area contributed by atoms with Gasteiger partial charge >= 0.3 is 0 Å². The molecular formula is C13H22N2S. The van der Waals surface area contributed by atoms with E-state index in [-0.39, 0.29) is 0 Å². The Morgan fingerprint density at radius 3 is 2.75 bits per heavy atom. The number of hydrogen-bond donors (Lipinski definition) is 1. The molecule has 0 amide bonds. The molecule has 90 valence electrons. The van der Waals surface area contributed by atoms with E-state index in [1.165, 1.54) is 30.6 Å². The predicted octanol–water partition coefficient (Wildman–Crippen LogP) is 3.68. The van der Waals surface area contributed by atoms with Crippen molar-refractivity contribution < 1.29 is 0 Å². The Bertz CT molecular complexity index is 339. The van der Waals surface area contributed by atoms with E-state index in [1.807, 2.05) is 6.20 Å². The summed E-state index contributed by atoms with van der Waals surface area (Å²) in [5, 5.41) is 4.83. The Hall–Kier alpha value is -0.410. The predicted molar refractivity (Wildman–Crippen MR) is 69.8 cm³/mol. The second-order valence-electron chi connectivity index (χ2n) is 5.40. The fourth-order valence-electron chi connectivity index (χ4n) is 2.48. The molecule has 1 aliphatic carbocycles. The van der Waals surface area contributed by atoms with Crippen LogP contribution >= 0.6 is 11.3 Å². The van der Waals surface area contributed by atoms with Crippen molar-refractivity contribution in [2.24, 2.45) is 5.41 Å². The van der Waals surface area contributed by atoms with E-state index in [9.17, 15) is 0 Å². The molecule has 1 aromatic rings. The van der Waals surface area contributed by atoms with Gasteiger partial charge in [-0.1, -0.05) is 19.8 Å². The number of thiazole rings is 1. The fraction of sp³-hybridized carbons (Fsp3) is 0.769. The number of nitrogens with zero attached hydrogens (tertiary/aromatic N) is 1. The first kappa shape index (κ1) is 12.1. The van der Waals surface area contributed by atoms with Crippen molar-refractivity contribution in [3.8, 4) is 0 Å². The number of aryl methyl sites for hydroxylation is 1. The first-order chi connectivity index (χ1) is 7.59. The Morgan fingerprint density at radius 2 is 2.19 bits per heavy atom. The van der Waals surface area contributed by atoms with Crippen molar-refractivity contribution in [2.45, 2.75) is 52.5 Å². The Kier molecular flexibility index (Phi) is 3.65. The minimum Gasteiger partial charge on any atom is -0.309 e. The first-order valence-corrected chi connectivity index (χ1v) is 7.06. The van der Waals surface area contributed by atoms with Crippen molar-refractivity contribution in [1.29, 1.82) is 0 Å². The van der Waals surface area contributed by atoms with Crippen LogP contribution in [0.3, 0.4) is 0 Å². The molecule has 2 nitrogen and oxygen atoms in total. The first-order valence-electron chi connectivity index (χ1n) is 6.25. The van der Waals surface area contributed by atoms with E-state index in [0.29, 0.717) is 11.5 Å². The molecule has 0 radical (unpaired) electrons. The van der Waals surface area contributed by atoms with Crippen molar-refractivity contribution in [3.05, 3.63) is 16.1 Å². The Balaban J connectivity index is 1.86. The molecule has 0 bridgehead atoms. The number of aromatic nitrogens is 1. The third-order valence-electron chi connectivity index (χ3n) is 3.71. The van der Waals surface area contributed by atoms with Gasteiger partial charge in [0.1, 0.15) is 0 Å². The highest BCUT2D eigenvalue weighted by molar-refractivity contribution is 7.11. The summed E-state index contributed by atoms with van der Waals surface area (Å²) in [7, 11) is 0. The summed E-state index contributed by atoms with van der Waals surface area (Å²) in [6.45, 7) is 7.87. The highest BCUT2D eigenvalue weighted by atomic mass is 32.1. The average molecular weight is 238 g/mol. The van der Waals surface area contributed by atoms with Gasteiger partial charge in [-0.15, -0.1) is 11.3 Å². The van der Waals surface area contributed by atoms with Crippen LogP contribution in [0.5, 0.6) is 0 Å². The van der Waals surface area contributed by atoms with Gasteiger partial charge in [0.25, 0.3) is 0 Å². The van der Waals surface area contributed by atoms with Crippen LogP contribution in [0.25, 0.3) is 0 Å². The lowest BCUT2D eigenvalue weighted by molar-refractivity contribution is 0.302. The largest absolute Gasteiger partial charge is 0.309 e. The van der Waals surface area contributed by atoms with Crippen LogP contribution in [0.4, 0.5) is 0 Å². The average Bonchev–Trinajstić information content (AvgIpc) is 2.85. The lowest BCUT2D eigenvalue weighted by atomic mass is 9.88. The highest BCUT2D eigenvalue weighted by Crippen LogP contribution is 2.37. The summed E-state index contributed by atoms with van der Waals surface area (Å²) in [4.78, 5) is 5.67. The molecule has 1 unspecified atom stereocenters. The SMILES string of the molecule is Cc1ncc(C(C)NCC2(C)CCCC2)s1. The van der Waals surface area contributed by atoms with Crippen molar-refractivity contribution in [2.75, 3.05) is 6.54 Å². The number of rotatable bonds is 4. The van der Waals surface area contributed by atoms with Crippen molar-refractivity contribution in [3.63, 3.8) is 0 Å². The van der Waals surface area contributed by atoms with Gasteiger partial charge in [0, 0.05) is 23.7 Å². The minimum atomic E-state index is 0.448. The second-order valence-corrected chi connectivity index (χ2v) is 6.67. The minimum absolute atomic E-state index is 0.448. The molecule has 0 aliphatic heterocycles. The number of hydrogen-bond acceptors (Lipinski definition) is 3. The zero-order valence-corrected chi connectivity index (χ0v) is 11.4. The molecule has 1 heterocycles. The van der Waals surface area contributed by atoms with E-state index < -0.39 is 0 Å². The van der Waals surface area contributed by atoms with E-state index in [2.05, 4.69) is 31.1 Å². The molecule has 1 aliphatic rings. The van der Waals surface area contributed by atoms with Gasteiger partial charge in [-0.2, -0.15) is 0 Å². The molecule has 3 heteroatoms. The molecule has 1 fully saturated rings. The fourth-order valence-corrected chi connectivity index (χ4v) is 3.30. The smallest absolute Gasteiger partial charge is 0.0897 e. The summed E-state index contributed by atoms with van der Waals surface area (Å²) in [6.07, 6.45) is 7.59. The van der Waals surface area contributed by atoms with Crippen LogP contribution in [0.1, 0.15) is 55.5 Å². The summed E-state index contributed by atoms with van der Waals surface area (Å²) < 4.78 is 0. The van der Waals surface area contributed by atoms with Crippen molar-refractivity contribution in [1.82, 2.24) is 10.3 Å². The van der Waals surface area contributed by atoms with Crippen molar-refractivity contribution >= 4 is 11.3 Å². The molecule has 1 saturated carbocycles. The summed E-state index contributed by atoms with van der Waals surface area (Å²) in [5.74, 6) is 0. The van der Waals surface area contributed by atoms with Crippen LogP contribution in [0.2, 0.25) is 0 Å². The molecule has 0 aromatic carbocycles. The number of nitrogens with one attached hydrogen (secondary N) is 1. The monoisotopic (exact) mass is 238 g/mol. The maximum Gasteiger partial charge on any atom is 0.0897 e. The second kappa shape index (κ2) is 4.84. The lowest BCUT2D eigenvalue weighted by Gasteiger charge is -2.26. The summed E-state index contributed by atoms with van der Waals surface area (Å²) in [5.41, 5.74) is 0.536. The van der Waals surface area contributed by atoms with Gasteiger partial charge in [0.15, 0.2) is 0 Å². The maximum atomic E-state index is 4.31. The van der Waals surface area contributed by atoms with Gasteiger partial charge in [-0.25, -0.2) is 4.98 Å². The summed E-state index contributed by atoms with van der Waals surface area (Å²) >= 11 is 1.80. The van der Waals surface area contributed by atoms with Gasteiger partial charge < -0.3 is 5.32 Å². The van der Waals surface area contributed by atoms with E-state index in [0.717, 1.165) is 11.6 Å². The van der Waals surface area contributed by atoms with Gasteiger partial charge in [0.05, 0.1) is 5.01 Å². The topological polar surface area (TPSA) is 24.9 Å². The van der Waals surface area contributed by atoms with Crippen LogP contribution in [0.15, 0.2) is 6.20 Å². The molecule has 2 rings (SSSR count). The van der Waals surface area contributed by atoms with E-state index >= 15 is 0 Å². The van der Waals surface area contributed by atoms with Crippen LogP contribution < -0.4 is 5.32 Å². The van der Waals surface area contributed by atoms with E-state index in [1.54, 1.807) is 11.3 Å². The molecule has 16 heavy (non-hydrogen) atoms. The highest BCUT2D eigenvalue weighted by Gasteiger charge is 2.28. The van der Waals surface area contributed by atoms with Gasteiger partial charge in [0.2, 0.25) is 0 Å². The molecule has 0 spiro atoms. The van der Waals surface area contributed by atoms with Crippen LogP contribution in [-0.4, -0.2) is 11.5 Å². The molecule has 0 saturated heterocycles. The Morgan fingerprint density at radius 1 is 1.50 bits per heavy atom. The zero-order chi connectivity index (χ0) is 11.6. The molecule has 1 N–H and O–H groups in total. The molecule has 1 aromatic heterocycles. The molecule has 1 atom stereocenters. The van der Waals surface area contributed by atoms with Gasteiger partial charge in [-0.3, -0.25) is 0 Å². The normalized spacial score (nSPS) is 21.2. The Labute approximate surface area is 102 Å². The third-order valence-corrected chi connectivity index (χ3v) is 4.81. The van der Waals surface area contributed by atoms with Crippen LogP contribution in [0, 0.1) is 12.3 Å². The zero-order valence-electron chi connectivity index (χ0n) is 10.5. The molecular weight excluding hydrogens is 216 g/mol. The maximum absolute atomic E-state index is 4.31. The standard InChI is InChI=1S/C13H22N2S/c1-10(12-8-14-11(2)16-12)15-9-13(3)6-4-5-7-13/h8,10,15H,4-7,9H2,1-3H3. The summed E-state index contributed by atoms with van der Waals surface area (Å²) in [6, 6.07) is 0.448. The van der Waals surface area contributed by atoms with E-state index in [4.69, 9.17) is 0 Å². The van der Waals surface area contributed by atoms with Gasteiger partial charge in [-0.05, 0) is 32.1 Å².